The van der Waals surface area contributed by atoms with Gasteiger partial charge in [0.2, 0.25) is 11.8 Å². The van der Waals surface area contributed by atoms with Crippen molar-refractivity contribution >= 4 is 23.6 Å². The van der Waals surface area contributed by atoms with E-state index in [9.17, 15) is 9.59 Å². The van der Waals surface area contributed by atoms with Gasteiger partial charge in [-0.05, 0) is 30.4 Å². The molecule has 2 rings (SSSR count). The second kappa shape index (κ2) is 13.2. The van der Waals surface area contributed by atoms with Crippen molar-refractivity contribution in [3.8, 4) is 0 Å². The van der Waals surface area contributed by atoms with Crippen LogP contribution in [0.2, 0.25) is 0 Å². The molecule has 0 radical (unpaired) electrons. The first-order valence-electron chi connectivity index (χ1n) is 11.1. The SMILES string of the molecule is CCC(C(=O)NCC(C)C)N(Cc1ccc(C)cc1)C(=O)CCSCc1ccccc1. The van der Waals surface area contributed by atoms with Crippen molar-refractivity contribution in [1.82, 2.24) is 10.2 Å². The lowest BCUT2D eigenvalue weighted by atomic mass is 10.1. The Morgan fingerprint density at radius 3 is 2.29 bits per heavy atom. The number of hydrogen-bond donors (Lipinski definition) is 1. The van der Waals surface area contributed by atoms with Crippen LogP contribution in [0, 0.1) is 12.8 Å². The second-order valence-corrected chi connectivity index (χ2v) is 9.46. The van der Waals surface area contributed by atoms with E-state index in [1.54, 1.807) is 16.7 Å². The third kappa shape index (κ3) is 8.78. The van der Waals surface area contributed by atoms with Gasteiger partial charge in [-0.25, -0.2) is 0 Å². The Hall–Kier alpha value is -2.27. The zero-order valence-corrected chi connectivity index (χ0v) is 20.1. The zero-order valence-electron chi connectivity index (χ0n) is 19.3. The Bertz CT molecular complexity index is 806. The van der Waals surface area contributed by atoms with Crippen molar-refractivity contribution < 1.29 is 9.59 Å². The maximum Gasteiger partial charge on any atom is 0.242 e. The summed E-state index contributed by atoms with van der Waals surface area (Å²) in [6.07, 6.45) is 1.02. The highest BCUT2D eigenvalue weighted by atomic mass is 32.2. The quantitative estimate of drug-likeness (QED) is 0.462. The van der Waals surface area contributed by atoms with E-state index in [-0.39, 0.29) is 11.8 Å². The van der Waals surface area contributed by atoms with Crippen LogP contribution in [0.3, 0.4) is 0 Å². The average Bonchev–Trinajstić information content (AvgIpc) is 2.77. The van der Waals surface area contributed by atoms with E-state index in [1.165, 1.54) is 11.1 Å². The minimum atomic E-state index is -0.452. The van der Waals surface area contributed by atoms with E-state index in [1.807, 2.05) is 56.3 Å². The molecule has 0 saturated heterocycles. The lowest BCUT2D eigenvalue weighted by molar-refractivity contribution is -0.141. The number of nitrogens with one attached hydrogen (secondary N) is 1. The molecule has 1 unspecified atom stereocenters. The number of rotatable bonds is 12. The number of aryl methyl sites for hydroxylation is 1. The van der Waals surface area contributed by atoms with Crippen LogP contribution < -0.4 is 5.32 Å². The second-order valence-electron chi connectivity index (χ2n) is 8.36. The van der Waals surface area contributed by atoms with Crippen molar-refractivity contribution in [3.63, 3.8) is 0 Å². The Balaban J connectivity index is 2.04. The van der Waals surface area contributed by atoms with E-state index in [4.69, 9.17) is 0 Å². The van der Waals surface area contributed by atoms with Crippen LogP contribution in [0.5, 0.6) is 0 Å². The smallest absolute Gasteiger partial charge is 0.242 e. The molecule has 1 atom stereocenters. The van der Waals surface area contributed by atoms with Gasteiger partial charge >= 0.3 is 0 Å². The highest BCUT2D eigenvalue weighted by molar-refractivity contribution is 7.98. The van der Waals surface area contributed by atoms with Crippen molar-refractivity contribution in [2.24, 2.45) is 5.92 Å². The molecule has 0 spiro atoms. The van der Waals surface area contributed by atoms with Gasteiger partial charge in [0.25, 0.3) is 0 Å². The van der Waals surface area contributed by atoms with Crippen LogP contribution >= 0.6 is 11.8 Å². The molecule has 31 heavy (non-hydrogen) atoms. The van der Waals surface area contributed by atoms with E-state index in [0.29, 0.717) is 31.8 Å². The number of carbonyl (C=O) groups excluding carboxylic acids is 2. The van der Waals surface area contributed by atoms with Gasteiger partial charge in [0, 0.05) is 31.0 Å². The Morgan fingerprint density at radius 2 is 1.68 bits per heavy atom. The summed E-state index contributed by atoms with van der Waals surface area (Å²) >= 11 is 1.75. The van der Waals surface area contributed by atoms with Gasteiger partial charge in [-0.1, -0.05) is 80.9 Å². The van der Waals surface area contributed by atoms with Crippen LogP contribution in [0.1, 0.15) is 50.3 Å². The van der Waals surface area contributed by atoms with E-state index >= 15 is 0 Å². The summed E-state index contributed by atoms with van der Waals surface area (Å²) in [5.41, 5.74) is 3.49. The molecule has 1 N–H and O–H groups in total. The van der Waals surface area contributed by atoms with Crippen LogP contribution in [0.25, 0.3) is 0 Å². The summed E-state index contributed by atoms with van der Waals surface area (Å²) in [6.45, 7) is 9.23. The zero-order chi connectivity index (χ0) is 22.6. The lowest BCUT2D eigenvalue weighted by Gasteiger charge is -2.31. The van der Waals surface area contributed by atoms with E-state index in [0.717, 1.165) is 17.1 Å². The number of thioether (sulfide) groups is 1. The molecule has 0 bridgehead atoms. The predicted octanol–water partition coefficient (Wildman–Crippen LogP) is 5.20. The van der Waals surface area contributed by atoms with Crippen molar-refractivity contribution in [1.29, 1.82) is 0 Å². The first-order valence-corrected chi connectivity index (χ1v) is 12.3. The molecule has 2 amide bonds. The predicted molar refractivity (Wildman–Crippen MR) is 131 cm³/mol. The normalized spacial score (nSPS) is 11.9. The Morgan fingerprint density at radius 1 is 1.00 bits per heavy atom. The molecule has 2 aromatic rings. The first-order chi connectivity index (χ1) is 14.9. The fraction of sp³-hybridized carbons (Fsp3) is 0.462. The fourth-order valence-electron chi connectivity index (χ4n) is 3.30. The largest absolute Gasteiger partial charge is 0.354 e. The van der Waals surface area contributed by atoms with Crippen LogP contribution in [-0.4, -0.2) is 35.1 Å². The topological polar surface area (TPSA) is 49.4 Å². The molecule has 168 valence electrons. The minimum Gasteiger partial charge on any atom is -0.354 e. The molecule has 0 aliphatic rings. The molecule has 2 aromatic carbocycles. The third-order valence-electron chi connectivity index (χ3n) is 5.12. The van der Waals surface area contributed by atoms with Gasteiger partial charge in [0.15, 0.2) is 0 Å². The summed E-state index contributed by atoms with van der Waals surface area (Å²) < 4.78 is 0. The Labute approximate surface area is 191 Å². The Kier molecular flexibility index (Phi) is 10.6. The molecule has 0 aromatic heterocycles. The summed E-state index contributed by atoms with van der Waals surface area (Å²) in [5, 5.41) is 3.01. The number of benzene rings is 2. The van der Waals surface area contributed by atoms with Crippen LogP contribution in [-0.2, 0) is 21.9 Å². The molecule has 0 heterocycles. The molecule has 0 aliphatic heterocycles. The number of nitrogens with zero attached hydrogens (tertiary/aromatic N) is 1. The molecule has 0 aliphatic carbocycles. The minimum absolute atomic E-state index is 0.0349. The third-order valence-corrected chi connectivity index (χ3v) is 6.15. The van der Waals surface area contributed by atoms with E-state index < -0.39 is 6.04 Å². The van der Waals surface area contributed by atoms with Crippen molar-refractivity contribution in [2.75, 3.05) is 12.3 Å². The molecular formula is C26H36N2O2S. The van der Waals surface area contributed by atoms with Gasteiger partial charge in [0.05, 0.1) is 0 Å². The number of amides is 2. The highest BCUT2D eigenvalue weighted by Gasteiger charge is 2.28. The molecule has 0 fully saturated rings. The van der Waals surface area contributed by atoms with Gasteiger partial charge in [-0.2, -0.15) is 11.8 Å². The number of carbonyl (C=O) groups is 2. The van der Waals surface area contributed by atoms with Gasteiger partial charge < -0.3 is 10.2 Å². The van der Waals surface area contributed by atoms with E-state index in [2.05, 4.69) is 31.3 Å². The highest BCUT2D eigenvalue weighted by Crippen LogP contribution is 2.17. The fourth-order valence-corrected chi connectivity index (χ4v) is 4.19. The van der Waals surface area contributed by atoms with Crippen molar-refractivity contribution in [3.05, 3.63) is 71.3 Å². The molecule has 5 heteroatoms. The standard InChI is InChI=1S/C26H36N2O2S/c1-5-24(26(30)27-17-20(2)3)28(18-22-13-11-21(4)12-14-22)25(29)15-16-31-19-23-9-7-6-8-10-23/h6-14,20,24H,5,15-19H2,1-4H3,(H,27,30). The van der Waals surface area contributed by atoms with Gasteiger partial charge in [-0.15, -0.1) is 0 Å². The van der Waals surface area contributed by atoms with Crippen molar-refractivity contribution in [2.45, 2.75) is 58.9 Å². The molecule has 4 nitrogen and oxygen atoms in total. The maximum atomic E-state index is 13.2. The summed E-state index contributed by atoms with van der Waals surface area (Å²) in [6, 6.07) is 18.0. The van der Waals surface area contributed by atoms with Gasteiger partial charge in [0.1, 0.15) is 6.04 Å². The molecular weight excluding hydrogens is 404 g/mol. The average molecular weight is 441 g/mol. The monoisotopic (exact) mass is 440 g/mol. The summed E-state index contributed by atoms with van der Waals surface area (Å²) in [5.74, 6) is 1.97. The summed E-state index contributed by atoms with van der Waals surface area (Å²) in [7, 11) is 0. The lowest BCUT2D eigenvalue weighted by Crippen LogP contribution is -2.49. The van der Waals surface area contributed by atoms with Gasteiger partial charge in [-0.3, -0.25) is 9.59 Å². The first kappa shape index (κ1) is 25.0. The maximum absolute atomic E-state index is 13.2. The van der Waals surface area contributed by atoms with Crippen LogP contribution in [0.15, 0.2) is 54.6 Å². The molecule has 0 saturated carbocycles. The summed E-state index contributed by atoms with van der Waals surface area (Å²) in [4.78, 5) is 27.8. The number of hydrogen-bond acceptors (Lipinski definition) is 3. The van der Waals surface area contributed by atoms with Crippen LogP contribution in [0.4, 0.5) is 0 Å².